The summed E-state index contributed by atoms with van der Waals surface area (Å²) < 4.78 is 12.2. The van der Waals surface area contributed by atoms with Gasteiger partial charge in [0.05, 0.1) is 16.8 Å². The number of rotatable bonds is 5. The number of phenolic OH excluding ortho intramolecular Hbond substituents is 1. The summed E-state index contributed by atoms with van der Waals surface area (Å²) in [4.78, 5) is 11.0. The molecule has 0 aromatic heterocycles. The van der Waals surface area contributed by atoms with Gasteiger partial charge in [0.15, 0.2) is 6.29 Å². The van der Waals surface area contributed by atoms with Gasteiger partial charge in [0.1, 0.15) is 5.75 Å². The zero-order valence-corrected chi connectivity index (χ0v) is 14.3. The number of carbonyl (C=O) groups is 1. The highest BCUT2D eigenvalue weighted by molar-refractivity contribution is 6.55. The summed E-state index contributed by atoms with van der Waals surface area (Å²) >= 11 is 0. The molecule has 0 radical (unpaired) electrons. The minimum atomic E-state index is -0.457. The summed E-state index contributed by atoms with van der Waals surface area (Å²) in [5.41, 5.74) is 1.18. The first-order valence-electron chi connectivity index (χ1n) is 7.69. The van der Waals surface area contributed by atoms with Crippen LogP contribution in [0.15, 0.2) is 23.7 Å². The van der Waals surface area contributed by atoms with Crippen molar-refractivity contribution >= 4 is 19.5 Å². The van der Waals surface area contributed by atoms with E-state index in [-0.39, 0.29) is 11.3 Å². The second kappa shape index (κ2) is 6.47. The standard InChI is InChI=1S/C17H24BNO4/c1-16(2)17(3,4)23-18(22-16)14(10-19-5)9-12-6-7-15(21)13(8-12)11-20/h6-9,11,19,21H,10H2,1-5H3. The molecule has 1 aliphatic rings. The third-order valence-corrected chi connectivity index (χ3v) is 4.47. The highest BCUT2D eigenvalue weighted by atomic mass is 16.7. The Morgan fingerprint density at radius 1 is 1.26 bits per heavy atom. The topological polar surface area (TPSA) is 67.8 Å². The van der Waals surface area contributed by atoms with Crippen LogP contribution in [0.5, 0.6) is 5.75 Å². The Morgan fingerprint density at radius 3 is 2.39 bits per heavy atom. The monoisotopic (exact) mass is 317 g/mol. The van der Waals surface area contributed by atoms with Crippen LogP contribution in [0.4, 0.5) is 0 Å². The number of phenols is 1. The maximum absolute atomic E-state index is 11.0. The molecule has 1 aromatic carbocycles. The maximum Gasteiger partial charge on any atom is 0.491 e. The molecule has 1 aliphatic heterocycles. The third kappa shape index (κ3) is 3.66. The quantitative estimate of drug-likeness (QED) is 0.645. The minimum absolute atomic E-state index is 0.0250. The van der Waals surface area contributed by atoms with Gasteiger partial charge in [-0.2, -0.15) is 0 Å². The van der Waals surface area contributed by atoms with E-state index in [1.165, 1.54) is 6.07 Å². The second-order valence-electron chi connectivity index (χ2n) is 6.77. The largest absolute Gasteiger partial charge is 0.507 e. The lowest BCUT2D eigenvalue weighted by Crippen LogP contribution is -2.41. The Bertz CT molecular complexity index is 609. The number of likely N-dealkylation sites (N-methyl/N-ethyl adjacent to an activating group) is 1. The number of aldehydes is 1. The van der Waals surface area contributed by atoms with Gasteiger partial charge in [0.2, 0.25) is 0 Å². The second-order valence-corrected chi connectivity index (χ2v) is 6.77. The molecule has 0 saturated carbocycles. The Hall–Kier alpha value is -1.63. The van der Waals surface area contributed by atoms with Crippen LogP contribution in [0.2, 0.25) is 0 Å². The molecule has 23 heavy (non-hydrogen) atoms. The highest BCUT2D eigenvalue weighted by Gasteiger charge is 2.52. The summed E-state index contributed by atoms with van der Waals surface area (Å²) in [6.45, 7) is 8.63. The van der Waals surface area contributed by atoms with Gasteiger partial charge in [-0.25, -0.2) is 0 Å². The maximum atomic E-state index is 11.0. The van der Waals surface area contributed by atoms with Crippen LogP contribution in [0.3, 0.4) is 0 Å². The van der Waals surface area contributed by atoms with Gasteiger partial charge in [0, 0.05) is 6.54 Å². The van der Waals surface area contributed by atoms with Crippen molar-refractivity contribution in [1.29, 1.82) is 0 Å². The molecule has 2 N–H and O–H groups in total. The van der Waals surface area contributed by atoms with E-state index in [2.05, 4.69) is 5.32 Å². The van der Waals surface area contributed by atoms with E-state index in [1.54, 1.807) is 12.1 Å². The van der Waals surface area contributed by atoms with Gasteiger partial charge >= 0.3 is 7.12 Å². The minimum Gasteiger partial charge on any atom is -0.507 e. The van der Waals surface area contributed by atoms with E-state index < -0.39 is 18.3 Å². The molecule has 1 heterocycles. The molecule has 1 aromatic rings. The van der Waals surface area contributed by atoms with Crippen molar-refractivity contribution < 1.29 is 19.2 Å². The van der Waals surface area contributed by atoms with Crippen LogP contribution in [-0.4, -0.2) is 43.3 Å². The van der Waals surface area contributed by atoms with E-state index in [0.29, 0.717) is 12.8 Å². The fourth-order valence-corrected chi connectivity index (χ4v) is 2.37. The average Bonchev–Trinajstić information content (AvgIpc) is 2.69. The number of aromatic hydroxyl groups is 1. The highest BCUT2D eigenvalue weighted by Crippen LogP contribution is 2.38. The van der Waals surface area contributed by atoms with Gasteiger partial charge < -0.3 is 19.7 Å². The first kappa shape index (κ1) is 17.7. The SMILES string of the molecule is CNCC(=Cc1ccc(O)c(C=O)c1)B1OC(C)(C)C(C)(C)O1. The Labute approximate surface area is 137 Å². The number of hydrogen-bond donors (Lipinski definition) is 2. The van der Waals surface area contributed by atoms with Crippen molar-refractivity contribution in [2.45, 2.75) is 38.9 Å². The Morgan fingerprint density at radius 2 is 1.87 bits per heavy atom. The number of hydrogen-bond acceptors (Lipinski definition) is 5. The molecule has 124 valence electrons. The van der Waals surface area contributed by atoms with Crippen LogP contribution in [0.25, 0.3) is 6.08 Å². The molecule has 6 heteroatoms. The zero-order chi connectivity index (χ0) is 17.3. The van der Waals surface area contributed by atoms with Crippen molar-refractivity contribution in [3.63, 3.8) is 0 Å². The van der Waals surface area contributed by atoms with E-state index >= 15 is 0 Å². The van der Waals surface area contributed by atoms with E-state index in [0.717, 1.165) is 11.0 Å². The number of nitrogens with one attached hydrogen (secondary N) is 1. The predicted molar refractivity (Wildman–Crippen MR) is 91.5 cm³/mol. The van der Waals surface area contributed by atoms with Gasteiger partial charge in [-0.05, 0) is 57.9 Å². The van der Waals surface area contributed by atoms with Crippen LogP contribution in [0.1, 0.15) is 43.6 Å². The fourth-order valence-electron chi connectivity index (χ4n) is 2.37. The lowest BCUT2D eigenvalue weighted by atomic mass is 9.77. The average molecular weight is 317 g/mol. The van der Waals surface area contributed by atoms with E-state index in [9.17, 15) is 9.90 Å². The van der Waals surface area contributed by atoms with Crippen LogP contribution in [-0.2, 0) is 9.31 Å². The summed E-state index contributed by atoms with van der Waals surface area (Å²) in [7, 11) is 1.40. The van der Waals surface area contributed by atoms with Crippen molar-refractivity contribution in [3.05, 3.63) is 34.8 Å². The first-order chi connectivity index (χ1) is 10.7. The molecule has 5 nitrogen and oxygen atoms in total. The Balaban J connectivity index is 2.34. The van der Waals surface area contributed by atoms with Gasteiger partial charge in [0.25, 0.3) is 0 Å². The van der Waals surface area contributed by atoms with Crippen LogP contribution in [0, 0.1) is 0 Å². The molecule has 1 saturated heterocycles. The lowest BCUT2D eigenvalue weighted by Gasteiger charge is -2.32. The fraction of sp³-hybridized carbons (Fsp3) is 0.471. The molecule has 1 fully saturated rings. The molecular weight excluding hydrogens is 293 g/mol. The molecular formula is C17H24BNO4. The van der Waals surface area contributed by atoms with Crippen LogP contribution >= 0.6 is 0 Å². The molecule has 0 bridgehead atoms. The van der Waals surface area contributed by atoms with Crippen molar-refractivity contribution in [3.8, 4) is 5.75 Å². The first-order valence-corrected chi connectivity index (χ1v) is 7.69. The molecule has 2 rings (SSSR count). The number of carbonyl (C=O) groups excluding carboxylic acids is 1. The predicted octanol–water partition coefficient (Wildman–Crippen LogP) is 2.44. The Kier molecular flexibility index (Phi) is 4.99. The lowest BCUT2D eigenvalue weighted by molar-refractivity contribution is 0.00578. The summed E-state index contributed by atoms with van der Waals surface area (Å²) in [6.07, 6.45) is 2.56. The molecule has 0 aliphatic carbocycles. The summed E-state index contributed by atoms with van der Waals surface area (Å²) in [5, 5.41) is 12.7. The summed E-state index contributed by atoms with van der Waals surface area (Å²) in [6, 6.07) is 4.91. The van der Waals surface area contributed by atoms with E-state index in [4.69, 9.17) is 9.31 Å². The number of benzene rings is 1. The van der Waals surface area contributed by atoms with Gasteiger partial charge in [-0.15, -0.1) is 0 Å². The van der Waals surface area contributed by atoms with E-state index in [1.807, 2.05) is 40.8 Å². The molecule has 0 atom stereocenters. The summed E-state index contributed by atoms with van der Waals surface area (Å²) in [5.74, 6) is -0.0250. The van der Waals surface area contributed by atoms with Gasteiger partial charge in [-0.3, -0.25) is 4.79 Å². The molecule has 0 amide bonds. The third-order valence-electron chi connectivity index (χ3n) is 4.47. The van der Waals surface area contributed by atoms with Crippen molar-refractivity contribution in [2.75, 3.05) is 13.6 Å². The van der Waals surface area contributed by atoms with Crippen molar-refractivity contribution in [1.82, 2.24) is 5.32 Å². The van der Waals surface area contributed by atoms with Crippen molar-refractivity contribution in [2.24, 2.45) is 0 Å². The van der Waals surface area contributed by atoms with Gasteiger partial charge in [-0.1, -0.05) is 12.1 Å². The molecule has 0 spiro atoms. The zero-order valence-electron chi connectivity index (χ0n) is 14.3. The normalized spacial score (nSPS) is 19.9. The van der Waals surface area contributed by atoms with Crippen LogP contribution < -0.4 is 5.32 Å². The molecule has 0 unspecified atom stereocenters. The smallest absolute Gasteiger partial charge is 0.491 e.